The predicted molar refractivity (Wildman–Crippen MR) is 108 cm³/mol. The molecule has 2 aliphatic carbocycles. The number of para-hydroxylation sites is 1. The minimum atomic E-state index is -1.06. The van der Waals surface area contributed by atoms with Crippen molar-refractivity contribution in [3.63, 3.8) is 0 Å². The number of hydrogen-bond donors (Lipinski definition) is 2. The molecule has 3 aliphatic rings. The molecular formula is C20H22Cl2N4O3. The Morgan fingerprint density at radius 1 is 1.14 bits per heavy atom. The lowest BCUT2D eigenvalue weighted by Gasteiger charge is -2.56. The second-order valence-corrected chi connectivity index (χ2v) is 9.55. The minimum Gasteiger partial charge on any atom is -0.465 e. The summed E-state index contributed by atoms with van der Waals surface area (Å²) in [5, 5.41) is 30.5. The molecule has 0 unspecified atom stereocenters. The number of nitrogens with zero attached hydrogens (tertiary/aromatic N) is 4. The summed E-state index contributed by atoms with van der Waals surface area (Å²) in [7, 11) is 0. The van der Waals surface area contributed by atoms with Gasteiger partial charge >= 0.3 is 6.09 Å². The van der Waals surface area contributed by atoms with Gasteiger partial charge in [0.05, 0.1) is 21.4 Å². The summed E-state index contributed by atoms with van der Waals surface area (Å²) >= 11 is 12.8. The Labute approximate surface area is 178 Å². The van der Waals surface area contributed by atoms with Crippen molar-refractivity contribution in [1.29, 1.82) is 0 Å². The van der Waals surface area contributed by atoms with E-state index in [1.54, 1.807) is 22.9 Å². The average molecular weight is 437 g/mol. The van der Waals surface area contributed by atoms with Gasteiger partial charge in [-0.15, -0.1) is 5.10 Å². The van der Waals surface area contributed by atoms with Crippen LogP contribution in [0.25, 0.3) is 5.69 Å². The molecule has 2 N–H and O–H groups in total. The van der Waals surface area contributed by atoms with E-state index < -0.39 is 11.7 Å². The maximum Gasteiger partial charge on any atom is 0.407 e. The molecule has 154 valence electrons. The van der Waals surface area contributed by atoms with Gasteiger partial charge < -0.3 is 15.1 Å². The Morgan fingerprint density at radius 3 is 2.31 bits per heavy atom. The number of rotatable bonds is 3. The molecule has 2 heterocycles. The van der Waals surface area contributed by atoms with E-state index in [-0.39, 0.29) is 5.41 Å². The van der Waals surface area contributed by atoms with Crippen LogP contribution >= 0.6 is 23.2 Å². The lowest BCUT2D eigenvalue weighted by Crippen LogP contribution is -2.56. The monoisotopic (exact) mass is 436 g/mol. The molecule has 0 atom stereocenters. The Morgan fingerprint density at radius 2 is 1.76 bits per heavy atom. The summed E-state index contributed by atoms with van der Waals surface area (Å²) in [6.07, 6.45) is 3.86. The number of carbonyl (C=O) groups is 1. The van der Waals surface area contributed by atoms with Gasteiger partial charge in [0.15, 0.2) is 0 Å². The van der Waals surface area contributed by atoms with Crippen LogP contribution in [0.2, 0.25) is 10.0 Å². The fourth-order valence-corrected chi connectivity index (χ4v) is 5.65. The first-order valence-corrected chi connectivity index (χ1v) is 10.7. The number of likely N-dealkylation sites (tertiary alicyclic amines) is 1. The second-order valence-electron chi connectivity index (χ2n) is 8.73. The number of aliphatic hydroxyl groups is 1. The molecule has 29 heavy (non-hydrogen) atoms. The van der Waals surface area contributed by atoms with Gasteiger partial charge in [0.25, 0.3) is 0 Å². The first kappa shape index (κ1) is 19.2. The zero-order chi connectivity index (χ0) is 20.4. The summed E-state index contributed by atoms with van der Waals surface area (Å²) in [5.74, 6) is 0.314. The van der Waals surface area contributed by atoms with Gasteiger partial charge in [0.1, 0.15) is 11.3 Å². The molecule has 1 aromatic heterocycles. The normalized spacial score (nSPS) is 22.5. The quantitative estimate of drug-likeness (QED) is 0.752. The summed E-state index contributed by atoms with van der Waals surface area (Å²) in [6, 6.07) is 5.27. The van der Waals surface area contributed by atoms with Crippen molar-refractivity contribution in [3.8, 4) is 5.69 Å². The smallest absolute Gasteiger partial charge is 0.407 e. The van der Waals surface area contributed by atoms with Crippen molar-refractivity contribution in [3.05, 3.63) is 39.6 Å². The Hall–Kier alpha value is -1.83. The number of carboxylic acid groups (broad SMARTS) is 1. The molecule has 1 amide bonds. The van der Waals surface area contributed by atoms with Crippen LogP contribution in [0.1, 0.15) is 55.8 Å². The van der Waals surface area contributed by atoms with Crippen molar-refractivity contribution in [1.82, 2.24) is 19.9 Å². The lowest BCUT2D eigenvalue weighted by molar-refractivity contribution is -0.157. The molecule has 2 saturated carbocycles. The van der Waals surface area contributed by atoms with Gasteiger partial charge in [-0.05, 0) is 56.1 Å². The van der Waals surface area contributed by atoms with Gasteiger partial charge in [0, 0.05) is 19.0 Å². The van der Waals surface area contributed by atoms with Crippen molar-refractivity contribution in [2.45, 2.75) is 50.0 Å². The van der Waals surface area contributed by atoms with E-state index in [0.717, 1.165) is 31.4 Å². The Kier molecular flexibility index (Phi) is 4.35. The number of halogens is 2. The predicted octanol–water partition coefficient (Wildman–Crippen LogP) is 4.19. The van der Waals surface area contributed by atoms with Gasteiger partial charge in [-0.2, -0.15) is 0 Å². The molecule has 1 saturated heterocycles. The van der Waals surface area contributed by atoms with Gasteiger partial charge in [-0.1, -0.05) is 34.5 Å². The third kappa shape index (κ3) is 3.10. The van der Waals surface area contributed by atoms with Gasteiger partial charge in [-0.25, -0.2) is 9.48 Å². The average Bonchev–Trinajstić information content (AvgIpc) is 3.40. The van der Waals surface area contributed by atoms with Gasteiger partial charge in [0.2, 0.25) is 0 Å². The summed E-state index contributed by atoms with van der Waals surface area (Å²) in [6.45, 7) is 1.02. The SMILES string of the molecule is O=C(O)N1CCC2(CC1)CC(O)(c1c(C3CC3)nnn1-c1c(Cl)cccc1Cl)C2. The highest BCUT2D eigenvalue weighted by Gasteiger charge is 2.58. The third-order valence-corrected chi connectivity index (χ3v) is 7.29. The molecule has 0 bridgehead atoms. The number of amides is 1. The van der Waals surface area contributed by atoms with E-state index in [1.165, 1.54) is 4.90 Å². The molecule has 0 radical (unpaired) electrons. The molecule has 9 heteroatoms. The zero-order valence-electron chi connectivity index (χ0n) is 15.8. The van der Waals surface area contributed by atoms with E-state index in [1.807, 2.05) is 0 Å². The fourth-order valence-electron chi connectivity index (χ4n) is 5.09. The molecule has 1 spiro atoms. The Balaban J connectivity index is 1.49. The summed E-state index contributed by atoms with van der Waals surface area (Å²) < 4.78 is 1.62. The van der Waals surface area contributed by atoms with Crippen LogP contribution in [0.15, 0.2) is 18.2 Å². The van der Waals surface area contributed by atoms with Crippen LogP contribution in [0.3, 0.4) is 0 Å². The topological polar surface area (TPSA) is 91.5 Å². The van der Waals surface area contributed by atoms with Crippen LogP contribution in [0.5, 0.6) is 0 Å². The Bertz CT molecular complexity index is 952. The molecule has 5 rings (SSSR count). The van der Waals surface area contributed by atoms with E-state index >= 15 is 0 Å². The lowest BCUT2D eigenvalue weighted by atomic mass is 9.54. The van der Waals surface area contributed by atoms with Crippen molar-refractivity contribution in [2.24, 2.45) is 5.41 Å². The van der Waals surface area contributed by atoms with Crippen molar-refractivity contribution in [2.75, 3.05) is 13.1 Å². The third-order valence-electron chi connectivity index (χ3n) is 6.68. The molecule has 7 nitrogen and oxygen atoms in total. The maximum atomic E-state index is 11.6. The number of piperidine rings is 1. The highest BCUT2D eigenvalue weighted by molar-refractivity contribution is 6.37. The van der Waals surface area contributed by atoms with Crippen LogP contribution in [-0.2, 0) is 5.60 Å². The second kappa shape index (κ2) is 6.59. The maximum absolute atomic E-state index is 11.6. The molecule has 1 aliphatic heterocycles. The molecule has 3 fully saturated rings. The van der Waals surface area contributed by atoms with Crippen LogP contribution < -0.4 is 0 Å². The number of hydrogen-bond acceptors (Lipinski definition) is 4. The van der Waals surface area contributed by atoms with Crippen molar-refractivity contribution < 1.29 is 15.0 Å². The van der Waals surface area contributed by atoms with Gasteiger partial charge in [-0.3, -0.25) is 0 Å². The van der Waals surface area contributed by atoms with Crippen LogP contribution in [0.4, 0.5) is 4.79 Å². The summed E-state index contributed by atoms with van der Waals surface area (Å²) in [4.78, 5) is 12.7. The fraction of sp³-hybridized carbons (Fsp3) is 0.550. The molecular weight excluding hydrogens is 415 g/mol. The van der Waals surface area contributed by atoms with E-state index in [4.69, 9.17) is 23.2 Å². The minimum absolute atomic E-state index is 0.0408. The highest BCUT2D eigenvalue weighted by Crippen LogP contribution is 2.61. The van der Waals surface area contributed by atoms with Crippen molar-refractivity contribution >= 4 is 29.3 Å². The van der Waals surface area contributed by atoms with E-state index in [0.29, 0.717) is 53.3 Å². The summed E-state index contributed by atoms with van der Waals surface area (Å²) in [5.41, 5.74) is 0.971. The first-order valence-electron chi connectivity index (χ1n) is 9.93. The number of aromatic nitrogens is 3. The largest absolute Gasteiger partial charge is 0.465 e. The van der Waals surface area contributed by atoms with Crippen LogP contribution in [0, 0.1) is 5.41 Å². The molecule has 1 aromatic carbocycles. The van der Waals surface area contributed by atoms with E-state index in [9.17, 15) is 15.0 Å². The first-order chi connectivity index (χ1) is 13.8. The van der Waals surface area contributed by atoms with Crippen LogP contribution in [-0.4, -0.2) is 49.3 Å². The van der Waals surface area contributed by atoms with E-state index in [2.05, 4.69) is 10.3 Å². The highest BCUT2D eigenvalue weighted by atomic mass is 35.5. The molecule has 2 aromatic rings. The zero-order valence-corrected chi connectivity index (χ0v) is 17.3. The number of benzene rings is 1. The standard InChI is InChI=1S/C20H22Cl2N4O3/c21-13-2-1-3-14(22)16(13)26-17(15(23-24-26)12-4-5-12)20(29)10-19(11-20)6-8-25(9-7-19)18(27)28/h1-3,12,29H,4-11H2,(H,27,28).